The Kier molecular flexibility index (Phi) is 1.75. The van der Waals surface area contributed by atoms with Gasteiger partial charge in [-0.2, -0.15) is 0 Å². The predicted octanol–water partition coefficient (Wildman–Crippen LogP) is 2.45. The van der Waals surface area contributed by atoms with E-state index in [2.05, 4.69) is 18.2 Å². The second kappa shape index (κ2) is 3.09. The zero-order valence-electron chi connectivity index (χ0n) is 8.19. The molecular formula is C13H10O2. The van der Waals surface area contributed by atoms with Gasteiger partial charge in [0.15, 0.2) is 0 Å². The van der Waals surface area contributed by atoms with Crippen LogP contribution >= 0.6 is 0 Å². The molecular weight excluding hydrogens is 188 g/mol. The van der Waals surface area contributed by atoms with Crippen LogP contribution in [0.4, 0.5) is 0 Å². The summed E-state index contributed by atoms with van der Waals surface area (Å²) in [6.45, 7) is 0. The van der Waals surface area contributed by atoms with Crippen molar-refractivity contribution in [3.63, 3.8) is 0 Å². The highest BCUT2D eigenvalue weighted by Gasteiger charge is 2.10. The van der Waals surface area contributed by atoms with Crippen LogP contribution in [0.1, 0.15) is 11.1 Å². The first-order valence-corrected chi connectivity index (χ1v) is 5.04. The molecule has 0 unspecified atom stereocenters. The lowest BCUT2D eigenvalue weighted by Gasteiger charge is -2.11. The molecule has 0 bridgehead atoms. The third kappa shape index (κ3) is 1.30. The molecule has 2 aromatic rings. The molecule has 2 nitrogen and oxygen atoms in total. The fourth-order valence-corrected chi connectivity index (χ4v) is 2.06. The maximum atomic E-state index is 11.2. The van der Waals surface area contributed by atoms with Gasteiger partial charge in [-0.15, -0.1) is 0 Å². The smallest absolute Gasteiger partial charge is 0.336 e. The highest BCUT2D eigenvalue weighted by Crippen LogP contribution is 2.25. The van der Waals surface area contributed by atoms with E-state index in [0.717, 1.165) is 29.4 Å². The second-order valence-electron chi connectivity index (χ2n) is 3.76. The van der Waals surface area contributed by atoms with Gasteiger partial charge in [0.2, 0.25) is 0 Å². The minimum Gasteiger partial charge on any atom is -0.422 e. The van der Waals surface area contributed by atoms with Crippen molar-refractivity contribution in [3.8, 4) is 0 Å². The van der Waals surface area contributed by atoms with Gasteiger partial charge in [0, 0.05) is 17.0 Å². The lowest BCUT2D eigenvalue weighted by molar-refractivity contribution is 0.557. The average molecular weight is 198 g/mol. The van der Waals surface area contributed by atoms with Gasteiger partial charge in [0.1, 0.15) is 5.58 Å². The molecule has 0 saturated heterocycles. The molecule has 1 aliphatic rings. The fraction of sp³-hybridized carbons (Fsp3) is 0.154. The molecule has 0 amide bonds. The van der Waals surface area contributed by atoms with E-state index in [4.69, 9.17) is 4.42 Å². The third-order valence-electron chi connectivity index (χ3n) is 2.82. The molecule has 15 heavy (non-hydrogen) atoms. The van der Waals surface area contributed by atoms with E-state index in [-0.39, 0.29) is 5.63 Å². The van der Waals surface area contributed by atoms with Crippen LogP contribution in [0.2, 0.25) is 0 Å². The van der Waals surface area contributed by atoms with Crippen molar-refractivity contribution in [3.05, 3.63) is 58.0 Å². The van der Waals surface area contributed by atoms with Crippen molar-refractivity contribution in [1.29, 1.82) is 0 Å². The Morgan fingerprint density at radius 3 is 2.73 bits per heavy atom. The van der Waals surface area contributed by atoms with E-state index in [1.165, 1.54) is 11.6 Å². The molecule has 0 atom stereocenters. The Hall–Kier alpha value is -1.83. The summed E-state index contributed by atoms with van der Waals surface area (Å²) in [5.41, 5.74) is 2.90. The Labute approximate surface area is 86.8 Å². The van der Waals surface area contributed by atoms with Crippen LogP contribution in [-0.2, 0) is 12.8 Å². The fourth-order valence-electron chi connectivity index (χ4n) is 2.06. The molecule has 3 rings (SSSR count). The van der Waals surface area contributed by atoms with Gasteiger partial charge in [-0.3, -0.25) is 0 Å². The topological polar surface area (TPSA) is 30.2 Å². The molecule has 0 fully saturated rings. The molecule has 1 aliphatic carbocycles. The van der Waals surface area contributed by atoms with Crippen LogP contribution in [0.5, 0.6) is 0 Å². The molecule has 0 N–H and O–H groups in total. The maximum absolute atomic E-state index is 11.2. The molecule has 74 valence electrons. The second-order valence-corrected chi connectivity index (χ2v) is 3.76. The van der Waals surface area contributed by atoms with Gasteiger partial charge in [0.05, 0.1) is 0 Å². The zero-order valence-corrected chi connectivity index (χ0v) is 8.19. The quantitative estimate of drug-likeness (QED) is 0.480. The highest BCUT2D eigenvalue weighted by molar-refractivity contribution is 5.81. The van der Waals surface area contributed by atoms with Crippen LogP contribution in [0.15, 0.2) is 45.6 Å². The Morgan fingerprint density at radius 1 is 1.00 bits per heavy atom. The molecule has 1 aromatic carbocycles. The lowest BCUT2D eigenvalue weighted by Crippen LogP contribution is -2.01. The van der Waals surface area contributed by atoms with E-state index in [1.807, 2.05) is 12.1 Å². The van der Waals surface area contributed by atoms with E-state index in [9.17, 15) is 4.79 Å². The Balaban J connectivity index is 2.41. The predicted molar refractivity (Wildman–Crippen MR) is 59.0 cm³/mol. The third-order valence-corrected chi connectivity index (χ3v) is 2.82. The number of hydrogen-bond donors (Lipinski definition) is 0. The summed E-state index contributed by atoms with van der Waals surface area (Å²) >= 11 is 0. The maximum Gasteiger partial charge on any atom is 0.336 e. The van der Waals surface area contributed by atoms with Gasteiger partial charge in [0.25, 0.3) is 0 Å². The minimum atomic E-state index is -0.273. The number of benzene rings is 1. The summed E-state index contributed by atoms with van der Waals surface area (Å²) in [5.74, 6) is 0. The molecule has 0 radical (unpaired) electrons. The number of fused-ring (bicyclic) bond motifs is 3. The van der Waals surface area contributed by atoms with Gasteiger partial charge < -0.3 is 4.42 Å². The van der Waals surface area contributed by atoms with Crippen molar-refractivity contribution in [2.24, 2.45) is 0 Å². The summed E-state index contributed by atoms with van der Waals surface area (Å²) in [6, 6.07) is 7.41. The van der Waals surface area contributed by atoms with Crippen molar-refractivity contribution in [2.75, 3.05) is 0 Å². The first-order valence-electron chi connectivity index (χ1n) is 5.04. The normalized spacial score (nSPS) is 14.1. The molecule has 1 aromatic heterocycles. The molecule has 0 aliphatic heterocycles. The van der Waals surface area contributed by atoms with E-state index in [0.29, 0.717) is 0 Å². The average Bonchev–Trinajstić information content (AvgIpc) is 2.29. The Morgan fingerprint density at radius 2 is 1.80 bits per heavy atom. The summed E-state index contributed by atoms with van der Waals surface area (Å²) in [5, 5.41) is 1.00. The molecule has 0 spiro atoms. The van der Waals surface area contributed by atoms with E-state index in [1.54, 1.807) is 0 Å². The Bertz CT molecular complexity index is 605. The number of allylic oxidation sites excluding steroid dienone is 2. The van der Waals surface area contributed by atoms with Gasteiger partial charge >= 0.3 is 5.63 Å². The van der Waals surface area contributed by atoms with Crippen molar-refractivity contribution < 1.29 is 4.42 Å². The van der Waals surface area contributed by atoms with Crippen LogP contribution < -0.4 is 5.63 Å². The van der Waals surface area contributed by atoms with E-state index < -0.39 is 0 Å². The van der Waals surface area contributed by atoms with Crippen molar-refractivity contribution in [2.45, 2.75) is 12.8 Å². The first-order chi connectivity index (χ1) is 7.34. The standard InChI is InChI=1S/C13H10O2/c14-12-8-7-10-6-5-9-3-1-2-4-11(9)13(10)15-12/h1-2,5-8H,3-4H2. The van der Waals surface area contributed by atoms with Gasteiger partial charge in [-0.1, -0.05) is 24.3 Å². The van der Waals surface area contributed by atoms with Crippen LogP contribution in [0.25, 0.3) is 11.0 Å². The first kappa shape index (κ1) is 8.48. The van der Waals surface area contributed by atoms with Crippen LogP contribution in [0.3, 0.4) is 0 Å². The lowest BCUT2D eigenvalue weighted by atomic mass is 9.95. The van der Waals surface area contributed by atoms with Crippen LogP contribution in [0, 0.1) is 0 Å². The van der Waals surface area contributed by atoms with Crippen molar-refractivity contribution >= 4 is 11.0 Å². The molecule has 2 heteroatoms. The summed E-state index contributed by atoms with van der Waals surface area (Å²) in [6.07, 6.45) is 6.06. The summed E-state index contributed by atoms with van der Waals surface area (Å²) in [4.78, 5) is 11.2. The van der Waals surface area contributed by atoms with Gasteiger partial charge in [-0.05, 0) is 24.5 Å². The summed E-state index contributed by atoms with van der Waals surface area (Å²) < 4.78 is 5.27. The molecule has 1 heterocycles. The number of rotatable bonds is 0. The SMILES string of the molecule is O=c1ccc2ccc3c(c2o1)CC=CC3. The largest absolute Gasteiger partial charge is 0.422 e. The van der Waals surface area contributed by atoms with Crippen molar-refractivity contribution in [1.82, 2.24) is 0 Å². The minimum absolute atomic E-state index is 0.273. The zero-order chi connectivity index (χ0) is 10.3. The highest BCUT2D eigenvalue weighted by atomic mass is 16.4. The molecule has 0 saturated carbocycles. The monoisotopic (exact) mass is 198 g/mol. The number of hydrogen-bond acceptors (Lipinski definition) is 2. The van der Waals surface area contributed by atoms with Gasteiger partial charge in [-0.25, -0.2) is 4.79 Å². The van der Waals surface area contributed by atoms with Crippen LogP contribution in [-0.4, -0.2) is 0 Å². The summed E-state index contributed by atoms with van der Waals surface area (Å²) in [7, 11) is 0. The van der Waals surface area contributed by atoms with E-state index >= 15 is 0 Å².